The molecule has 0 bridgehead atoms. The maximum Gasteiger partial charge on any atom is 0.225 e. The Morgan fingerprint density at radius 3 is 2.18 bits per heavy atom. The standard InChI is InChI=1S/C19H29ClO2/c1-7-18(3,4)14-9-10-16(22-12-11-17(20)21)15(13-14)19(5,6)8-2/h9-10,13H,7-8,11-12H2,1-6H3. The zero-order valence-corrected chi connectivity index (χ0v) is 15.5. The lowest BCUT2D eigenvalue weighted by Gasteiger charge is -2.30. The number of rotatable bonds is 8. The zero-order valence-electron chi connectivity index (χ0n) is 14.8. The van der Waals surface area contributed by atoms with Crippen LogP contribution in [0.4, 0.5) is 0 Å². The topological polar surface area (TPSA) is 26.3 Å². The molecule has 0 fully saturated rings. The molecule has 0 unspecified atom stereocenters. The van der Waals surface area contributed by atoms with Crippen LogP contribution in [0, 0.1) is 0 Å². The van der Waals surface area contributed by atoms with Crippen molar-refractivity contribution >= 4 is 16.8 Å². The SMILES string of the molecule is CCC(C)(C)c1ccc(OCCC(=O)Cl)c(C(C)(C)CC)c1. The first-order chi connectivity index (χ1) is 10.1. The normalized spacial score (nSPS) is 12.3. The highest BCUT2D eigenvalue weighted by Crippen LogP contribution is 2.38. The molecule has 0 aliphatic carbocycles. The highest BCUT2D eigenvalue weighted by molar-refractivity contribution is 6.63. The Kier molecular flexibility index (Phi) is 6.49. The van der Waals surface area contributed by atoms with Crippen molar-refractivity contribution in [3.05, 3.63) is 29.3 Å². The van der Waals surface area contributed by atoms with Crippen molar-refractivity contribution in [1.82, 2.24) is 0 Å². The number of carbonyl (C=O) groups is 1. The highest BCUT2D eigenvalue weighted by Gasteiger charge is 2.26. The number of hydrogen-bond donors (Lipinski definition) is 0. The van der Waals surface area contributed by atoms with Crippen LogP contribution in [0.15, 0.2) is 18.2 Å². The fraction of sp³-hybridized carbons (Fsp3) is 0.632. The van der Waals surface area contributed by atoms with Crippen molar-refractivity contribution in [3.63, 3.8) is 0 Å². The van der Waals surface area contributed by atoms with Crippen LogP contribution in [0.5, 0.6) is 5.75 Å². The molecule has 0 saturated carbocycles. The van der Waals surface area contributed by atoms with Gasteiger partial charge in [0, 0.05) is 5.56 Å². The van der Waals surface area contributed by atoms with Gasteiger partial charge in [-0.15, -0.1) is 0 Å². The molecule has 0 aromatic heterocycles. The number of hydrogen-bond acceptors (Lipinski definition) is 2. The lowest BCUT2D eigenvalue weighted by atomic mass is 9.76. The average molecular weight is 325 g/mol. The van der Waals surface area contributed by atoms with Crippen LogP contribution in [0.25, 0.3) is 0 Å². The van der Waals surface area contributed by atoms with Gasteiger partial charge >= 0.3 is 0 Å². The number of halogens is 1. The first-order valence-corrected chi connectivity index (χ1v) is 8.48. The zero-order chi connectivity index (χ0) is 17.0. The van der Waals surface area contributed by atoms with Gasteiger partial charge in [-0.3, -0.25) is 4.79 Å². The van der Waals surface area contributed by atoms with Crippen LogP contribution in [-0.2, 0) is 15.6 Å². The third kappa shape index (κ3) is 4.74. The maximum absolute atomic E-state index is 10.9. The first-order valence-electron chi connectivity index (χ1n) is 8.10. The van der Waals surface area contributed by atoms with Gasteiger partial charge in [0.2, 0.25) is 5.24 Å². The van der Waals surface area contributed by atoms with Gasteiger partial charge in [-0.2, -0.15) is 0 Å². The van der Waals surface area contributed by atoms with Gasteiger partial charge in [-0.25, -0.2) is 0 Å². The molecule has 0 atom stereocenters. The van der Waals surface area contributed by atoms with E-state index < -0.39 is 0 Å². The minimum atomic E-state index is -0.361. The summed E-state index contributed by atoms with van der Waals surface area (Å²) in [4.78, 5) is 10.9. The van der Waals surface area contributed by atoms with Gasteiger partial charge in [0.1, 0.15) is 5.75 Å². The van der Waals surface area contributed by atoms with E-state index in [1.807, 2.05) is 6.07 Å². The van der Waals surface area contributed by atoms with Crippen LogP contribution in [0.1, 0.15) is 71.9 Å². The molecule has 2 nitrogen and oxygen atoms in total. The van der Waals surface area contributed by atoms with Crippen LogP contribution in [-0.4, -0.2) is 11.8 Å². The van der Waals surface area contributed by atoms with E-state index in [9.17, 15) is 4.79 Å². The van der Waals surface area contributed by atoms with Crippen molar-refractivity contribution in [2.24, 2.45) is 0 Å². The molecule has 124 valence electrons. The summed E-state index contributed by atoms with van der Waals surface area (Å²) in [6.07, 6.45) is 2.34. The lowest BCUT2D eigenvalue weighted by molar-refractivity contribution is -0.112. The fourth-order valence-electron chi connectivity index (χ4n) is 2.24. The van der Waals surface area contributed by atoms with Crippen molar-refractivity contribution in [2.75, 3.05) is 6.61 Å². The Balaban J connectivity index is 3.19. The number of carbonyl (C=O) groups excluding carboxylic acids is 1. The van der Waals surface area contributed by atoms with Gasteiger partial charge in [-0.05, 0) is 46.9 Å². The quantitative estimate of drug-likeness (QED) is 0.582. The summed E-state index contributed by atoms with van der Waals surface area (Å²) in [6, 6.07) is 6.44. The minimum absolute atomic E-state index is 0.0279. The Morgan fingerprint density at radius 1 is 1.09 bits per heavy atom. The number of benzene rings is 1. The molecule has 0 amide bonds. The molecule has 0 spiro atoms. The lowest BCUT2D eigenvalue weighted by Crippen LogP contribution is -2.21. The highest BCUT2D eigenvalue weighted by atomic mass is 35.5. The second-order valence-electron chi connectivity index (χ2n) is 7.14. The second kappa shape index (κ2) is 7.50. The molecular weight excluding hydrogens is 296 g/mol. The summed E-state index contributed by atoms with van der Waals surface area (Å²) in [5.74, 6) is 0.861. The van der Waals surface area contributed by atoms with E-state index in [1.54, 1.807) is 0 Å². The summed E-state index contributed by atoms with van der Waals surface area (Å²) >= 11 is 5.39. The van der Waals surface area contributed by atoms with Crippen LogP contribution < -0.4 is 4.74 Å². The van der Waals surface area contributed by atoms with Crippen LogP contribution >= 0.6 is 11.6 Å². The third-order valence-electron chi connectivity index (χ3n) is 4.81. The molecule has 0 aliphatic heterocycles. The molecule has 22 heavy (non-hydrogen) atoms. The van der Waals surface area contributed by atoms with Crippen molar-refractivity contribution in [1.29, 1.82) is 0 Å². The van der Waals surface area contributed by atoms with Gasteiger partial charge in [0.05, 0.1) is 13.0 Å². The maximum atomic E-state index is 10.9. The largest absolute Gasteiger partial charge is 0.493 e. The summed E-state index contributed by atoms with van der Waals surface area (Å²) in [5, 5.41) is -0.361. The molecule has 0 aliphatic rings. The van der Waals surface area contributed by atoms with Crippen molar-refractivity contribution < 1.29 is 9.53 Å². The van der Waals surface area contributed by atoms with E-state index in [0.29, 0.717) is 6.61 Å². The smallest absolute Gasteiger partial charge is 0.225 e. The van der Waals surface area contributed by atoms with Crippen LogP contribution in [0.3, 0.4) is 0 Å². The van der Waals surface area contributed by atoms with E-state index >= 15 is 0 Å². The number of ether oxygens (including phenoxy) is 1. The Hall–Kier alpha value is -1.02. The molecule has 1 aromatic rings. The molecule has 0 heterocycles. The van der Waals surface area contributed by atoms with Crippen molar-refractivity contribution in [2.45, 2.75) is 71.6 Å². The van der Waals surface area contributed by atoms with E-state index in [4.69, 9.17) is 16.3 Å². The van der Waals surface area contributed by atoms with Gasteiger partial charge in [0.25, 0.3) is 0 Å². The third-order valence-corrected chi connectivity index (χ3v) is 5.00. The first kappa shape index (κ1) is 19.0. The predicted octanol–water partition coefficient (Wildman–Crippen LogP) is 5.60. The van der Waals surface area contributed by atoms with E-state index in [2.05, 4.69) is 53.7 Å². The molecular formula is C19H29ClO2. The van der Waals surface area contributed by atoms with Gasteiger partial charge in [-0.1, -0.05) is 53.7 Å². The molecule has 0 saturated heterocycles. The Bertz CT molecular complexity index is 518. The summed E-state index contributed by atoms with van der Waals surface area (Å²) in [7, 11) is 0. The van der Waals surface area contributed by atoms with Crippen LogP contribution in [0.2, 0.25) is 0 Å². The van der Waals surface area contributed by atoms with E-state index in [-0.39, 0.29) is 22.5 Å². The summed E-state index contributed by atoms with van der Waals surface area (Å²) < 4.78 is 5.83. The molecule has 1 aromatic carbocycles. The average Bonchev–Trinajstić information content (AvgIpc) is 2.46. The van der Waals surface area contributed by atoms with Crippen molar-refractivity contribution in [3.8, 4) is 5.75 Å². The summed E-state index contributed by atoms with van der Waals surface area (Å²) in [6.45, 7) is 13.7. The van der Waals surface area contributed by atoms with E-state index in [0.717, 1.165) is 18.6 Å². The summed E-state index contributed by atoms with van der Waals surface area (Å²) in [5.41, 5.74) is 2.70. The van der Waals surface area contributed by atoms with Gasteiger partial charge in [0.15, 0.2) is 0 Å². The Morgan fingerprint density at radius 2 is 1.68 bits per heavy atom. The van der Waals surface area contributed by atoms with Gasteiger partial charge < -0.3 is 4.74 Å². The predicted molar refractivity (Wildman–Crippen MR) is 94.0 cm³/mol. The molecule has 0 radical (unpaired) electrons. The molecule has 3 heteroatoms. The Labute approximate surface area is 140 Å². The fourth-order valence-corrected chi connectivity index (χ4v) is 2.32. The van der Waals surface area contributed by atoms with E-state index in [1.165, 1.54) is 11.1 Å². The minimum Gasteiger partial charge on any atom is -0.493 e. The molecule has 0 N–H and O–H groups in total. The molecule has 1 rings (SSSR count). The monoisotopic (exact) mass is 324 g/mol. The second-order valence-corrected chi connectivity index (χ2v) is 7.56.